The van der Waals surface area contributed by atoms with E-state index in [1.807, 2.05) is 0 Å². The normalized spacial score (nSPS) is 10.3. The average molecular weight is 228 g/mol. The van der Waals surface area contributed by atoms with Gasteiger partial charge in [-0.05, 0) is 19.4 Å². The van der Waals surface area contributed by atoms with Gasteiger partial charge in [-0.2, -0.15) is 0 Å². The van der Waals surface area contributed by atoms with E-state index in [1.165, 1.54) is 19.3 Å². The molecule has 0 fully saturated rings. The van der Waals surface area contributed by atoms with Crippen LogP contribution in [0.1, 0.15) is 57.8 Å². The number of carbonyl (C=O) groups excluding carboxylic acids is 2. The van der Waals surface area contributed by atoms with Crippen molar-refractivity contribution in [3.63, 3.8) is 0 Å². The second kappa shape index (κ2) is 10.6. The van der Waals surface area contributed by atoms with Crippen LogP contribution in [0, 0.1) is 0 Å². The van der Waals surface area contributed by atoms with E-state index >= 15 is 0 Å². The zero-order valence-corrected chi connectivity index (χ0v) is 10.0. The van der Waals surface area contributed by atoms with E-state index in [1.54, 1.807) is 0 Å². The van der Waals surface area contributed by atoms with Crippen molar-refractivity contribution < 1.29 is 9.59 Å². The quantitative estimate of drug-likeness (QED) is 0.415. The molecular weight excluding hydrogens is 204 g/mol. The lowest BCUT2D eigenvalue weighted by atomic mass is 10.1. The Hall–Kier alpha value is -0.900. The van der Waals surface area contributed by atoms with Gasteiger partial charge in [-0.15, -0.1) is 0 Å². The topological polar surface area (TPSA) is 86.2 Å². The minimum Gasteiger partial charge on any atom is -0.369 e. The fourth-order valence-corrected chi connectivity index (χ4v) is 1.63. The summed E-state index contributed by atoms with van der Waals surface area (Å²) in [6.45, 7) is 0.779. The molecule has 16 heavy (non-hydrogen) atoms. The van der Waals surface area contributed by atoms with E-state index < -0.39 is 5.91 Å². The highest BCUT2D eigenvalue weighted by molar-refractivity contribution is 5.97. The van der Waals surface area contributed by atoms with Gasteiger partial charge in [-0.1, -0.05) is 32.1 Å². The van der Waals surface area contributed by atoms with Crippen LogP contribution in [0.5, 0.6) is 0 Å². The van der Waals surface area contributed by atoms with Crippen LogP contribution in [-0.2, 0) is 9.59 Å². The molecule has 4 nitrogen and oxygen atoms in total. The van der Waals surface area contributed by atoms with Crippen LogP contribution in [0.2, 0.25) is 0 Å². The first-order chi connectivity index (χ1) is 7.66. The highest BCUT2D eigenvalue weighted by Crippen LogP contribution is 2.08. The van der Waals surface area contributed by atoms with Crippen molar-refractivity contribution in [1.82, 2.24) is 0 Å². The molecule has 0 aromatic heterocycles. The van der Waals surface area contributed by atoms with Crippen LogP contribution in [0.4, 0.5) is 0 Å². The Labute approximate surface area is 97.8 Å². The van der Waals surface area contributed by atoms with E-state index in [2.05, 4.69) is 0 Å². The number of nitrogens with two attached hydrogens (primary N) is 2. The van der Waals surface area contributed by atoms with Crippen molar-refractivity contribution in [2.75, 3.05) is 6.54 Å². The number of primary amides is 1. The van der Waals surface area contributed by atoms with Crippen LogP contribution in [0.3, 0.4) is 0 Å². The lowest BCUT2D eigenvalue weighted by Crippen LogP contribution is -2.15. The van der Waals surface area contributed by atoms with E-state index in [9.17, 15) is 9.59 Å². The fourth-order valence-electron chi connectivity index (χ4n) is 1.63. The van der Waals surface area contributed by atoms with Gasteiger partial charge in [-0.25, -0.2) is 0 Å². The maximum atomic E-state index is 11.1. The Morgan fingerprint density at radius 1 is 0.812 bits per heavy atom. The summed E-state index contributed by atoms with van der Waals surface area (Å²) in [4.78, 5) is 21.5. The van der Waals surface area contributed by atoms with E-state index in [0.717, 1.165) is 32.2 Å². The number of Topliss-reactive ketones (excluding diaryl/α,β-unsaturated/α-hetero) is 1. The number of amides is 1. The molecule has 0 heterocycles. The van der Waals surface area contributed by atoms with Crippen molar-refractivity contribution in [3.05, 3.63) is 0 Å². The maximum Gasteiger partial charge on any atom is 0.224 e. The van der Waals surface area contributed by atoms with Gasteiger partial charge in [0, 0.05) is 6.42 Å². The predicted octanol–water partition coefficient (Wildman–Crippen LogP) is 1.51. The molecule has 4 N–H and O–H groups in total. The molecule has 0 saturated heterocycles. The molecule has 0 aromatic carbocycles. The number of carbonyl (C=O) groups is 2. The lowest BCUT2D eigenvalue weighted by Gasteiger charge is -2.01. The summed E-state index contributed by atoms with van der Waals surface area (Å²) in [6, 6.07) is 0. The number of ketones is 1. The van der Waals surface area contributed by atoms with Crippen LogP contribution < -0.4 is 11.5 Å². The minimum absolute atomic E-state index is 0.0318. The fraction of sp³-hybridized carbons (Fsp3) is 0.833. The molecule has 0 radical (unpaired) electrons. The summed E-state index contributed by atoms with van der Waals surface area (Å²) in [5.74, 6) is -0.553. The summed E-state index contributed by atoms with van der Waals surface area (Å²) in [5.41, 5.74) is 10.3. The molecule has 0 atom stereocenters. The molecule has 0 saturated carbocycles. The smallest absolute Gasteiger partial charge is 0.224 e. The van der Waals surface area contributed by atoms with E-state index in [0.29, 0.717) is 6.42 Å². The monoisotopic (exact) mass is 228 g/mol. The number of unbranched alkanes of at least 4 members (excludes halogenated alkanes) is 6. The average Bonchev–Trinajstić information content (AvgIpc) is 2.21. The van der Waals surface area contributed by atoms with Gasteiger partial charge in [0.25, 0.3) is 0 Å². The second-order valence-electron chi connectivity index (χ2n) is 4.20. The molecule has 0 aromatic rings. The van der Waals surface area contributed by atoms with Crippen LogP contribution >= 0.6 is 0 Å². The highest BCUT2D eigenvalue weighted by atomic mass is 16.2. The summed E-state index contributed by atoms with van der Waals surface area (Å²) in [6.07, 6.45) is 8.25. The van der Waals surface area contributed by atoms with E-state index in [-0.39, 0.29) is 12.2 Å². The van der Waals surface area contributed by atoms with Gasteiger partial charge >= 0.3 is 0 Å². The first-order valence-corrected chi connectivity index (χ1v) is 6.17. The first-order valence-electron chi connectivity index (χ1n) is 6.17. The highest BCUT2D eigenvalue weighted by Gasteiger charge is 2.04. The van der Waals surface area contributed by atoms with Crippen molar-refractivity contribution >= 4 is 11.7 Å². The molecular formula is C12H24N2O2. The van der Waals surface area contributed by atoms with Gasteiger partial charge in [0.15, 0.2) is 0 Å². The Kier molecular flexibility index (Phi) is 10.0. The molecule has 0 spiro atoms. The SMILES string of the molecule is NCCCCCCCCCC(=O)CC(N)=O. The van der Waals surface area contributed by atoms with Gasteiger partial charge in [0.1, 0.15) is 5.78 Å². The molecule has 0 aliphatic heterocycles. The second-order valence-corrected chi connectivity index (χ2v) is 4.20. The number of hydrogen-bond acceptors (Lipinski definition) is 3. The minimum atomic E-state index is -0.521. The van der Waals surface area contributed by atoms with Gasteiger partial charge < -0.3 is 11.5 Å². The van der Waals surface area contributed by atoms with E-state index in [4.69, 9.17) is 11.5 Å². The lowest BCUT2D eigenvalue weighted by molar-refractivity contribution is -0.126. The Morgan fingerprint density at radius 2 is 1.31 bits per heavy atom. The number of rotatable bonds is 11. The van der Waals surface area contributed by atoms with Crippen LogP contribution in [0.15, 0.2) is 0 Å². The Morgan fingerprint density at radius 3 is 1.81 bits per heavy atom. The third kappa shape index (κ3) is 11.2. The van der Waals surface area contributed by atoms with Crippen molar-refractivity contribution in [2.45, 2.75) is 57.8 Å². The number of hydrogen-bond donors (Lipinski definition) is 2. The predicted molar refractivity (Wildman–Crippen MR) is 64.8 cm³/mol. The molecule has 4 heteroatoms. The van der Waals surface area contributed by atoms with Crippen LogP contribution in [0.25, 0.3) is 0 Å². The summed E-state index contributed by atoms with van der Waals surface area (Å²) in [5, 5.41) is 0. The van der Waals surface area contributed by atoms with Crippen molar-refractivity contribution in [3.8, 4) is 0 Å². The molecule has 1 amide bonds. The Balaban J connectivity index is 3.14. The molecule has 0 rings (SSSR count). The Bertz CT molecular complexity index is 205. The van der Waals surface area contributed by atoms with Crippen LogP contribution in [-0.4, -0.2) is 18.2 Å². The third-order valence-electron chi connectivity index (χ3n) is 2.53. The summed E-state index contributed by atoms with van der Waals surface area (Å²) in [7, 11) is 0. The third-order valence-corrected chi connectivity index (χ3v) is 2.53. The first kappa shape index (κ1) is 15.1. The largest absolute Gasteiger partial charge is 0.369 e. The summed E-state index contributed by atoms with van der Waals surface area (Å²) >= 11 is 0. The molecule has 0 unspecified atom stereocenters. The summed E-state index contributed by atoms with van der Waals surface area (Å²) < 4.78 is 0. The zero-order valence-electron chi connectivity index (χ0n) is 10.0. The standard InChI is InChI=1S/C12H24N2O2/c13-9-7-5-3-1-2-4-6-8-11(15)10-12(14)16/h1-10,13H2,(H2,14,16). The molecule has 0 aliphatic rings. The van der Waals surface area contributed by atoms with Crippen molar-refractivity contribution in [2.24, 2.45) is 11.5 Å². The molecule has 94 valence electrons. The molecule has 0 aliphatic carbocycles. The zero-order chi connectivity index (χ0) is 12.2. The van der Waals surface area contributed by atoms with Gasteiger partial charge in [0.05, 0.1) is 6.42 Å². The molecule has 0 bridgehead atoms. The van der Waals surface area contributed by atoms with Gasteiger partial charge in [-0.3, -0.25) is 9.59 Å². The van der Waals surface area contributed by atoms with Gasteiger partial charge in [0.2, 0.25) is 5.91 Å². The maximum absolute atomic E-state index is 11.1. The van der Waals surface area contributed by atoms with Crippen molar-refractivity contribution in [1.29, 1.82) is 0 Å².